The fourth-order valence-electron chi connectivity index (χ4n) is 2.39. The number of aryl methyl sites for hydroxylation is 2. The van der Waals surface area contributed by atoms with E-state index >= 15 is 0 Å². The maximum atomic E-state index is 13.8. The van der Waals surface area contributed by atoms with Gasteiger partial charge >= 0.3 is 5.97 Å². The SMILES string of the molecule is COC(=O)c1cnc2nc(C)ccc2c1Nc1ccc(C)c(F)c1.Cl. The van der Waals surface area contributed by atoms with Gasteiger partial charge in [0.1, 0.15) is 11.4 Å². The zero-order valence-corrected chi connectivity index (χ0v) is 14.8. The molecule has 0 atom stereocenters. The number of hydrogen-bond donors (Lipinski definition) is 1. The highest BCUT2D eigenvalue weighted by Gasteiger charge is 2.17. The van der Waals surface area contributed by atoms with Crippen LogP contribution in [0, 0.1) is 19.7 Å². The van der Waals surface area contributed by atoms with E-state index in [1.807, 2.05) is 19.1 Å². The zero-order valence-electron chi connectivity index (χ0n) is 14.0. The van der Waals surface area contributed by atoms with E-state index in [0.29, 0.717) is 28.0 Å². The van der Waals surface area contributed by atoms with E-state index < -0.39 is 5.97 Å². The summed E-state index contributed by atoms with van der Waals surface area (Å²) in [5.41, 5.74) is 3.13. The number of carbonyl (C=O) groups is 1. The van der Waals surface area contributed by atoms with Gasteiger partial charge in [0.15, 0.2) is 5.65 Å². The third-order valence-electron chi connectivity index (χ3n) is 3.72. The number of fused-ring (bicyclic) bond motifs is 1. The normalized spacial score (nSPS) is 10.2. The number of esters is 1. The molecule has 0 saturated carbocycles. The van der Waals surface area contributed by atoms with Gasteiger partial charge < -0.3 is 10.1 Å². The van der Waals surface area contributed by atoms with E-state index in [4.69, 9.17) is 4.74 Å². The van der Waals surface area contributed by atoms with Gasteiger partial charge in [-0.25, -0.2) is 19.2 Å². The number of rotatable bonds is 3. The van der Waals surface area contributed by atoms with Gasteiger partial charge in [0.05, 0.1) is 12.8 Å². The largest absolute Gasteiger partial charge is 0.465 e. The Hall–Kier alpha value is -2.73. The first kappa shape index (κ1) is 18.6. The molecule has 0 aliphatic carbocycles. The average molecular weight is 362 g/mol. The first-order chi connectivity index (χ1) is 11.5. The van der Waals surface area contributed by atoms with Gasteiger partial charge in [-0.3, -0.25) is 0 Å². The van der Waals surface area contributed by atoms with Gasteiger partial charge in [0.25, 0.3) is 0 Å². The predicted molar refractivity (Wildman–Crippen MR) is 97.3 cm³/mol. The van der Waals surface area contributed by atoms with Crippen LogP contribution in [0.3, 0.4) is 0 Å². The Morgan fingerprint density at radius 1 is 1.20 bits per heavy atom. The minimum absolute atomic E-state index is 0. The molecule has 0 fully saturated rings. The third kappa shape index (κ3) is 3.69. The second kappa shape index (κ2) is 7.44. The summed E-state index contributed by atoms with van der Waals surface area (Å²) in [5, 5.41) is 3.75. The Kier molecular flexibility index (Phi) is 5.54. The van der Waals surface area contributed by atoms with Crippen LogP contribution in [0.4, 0.5) is 15.8 Å². The molecule has 0 radical (unpaired) electrons. The molecular weight excluding hydrogens is 345 g/mol. The number of anilines is 2. The summed E-state index contributed by atoms with van der Waals surface area (Å²) in [6.45, 7) is 3.55. The Morgan fingerprint density at radius 2 is 1.96 bits per heavy atom. The topological polar surface area (TPSA) is 64.1 Å². The van der Waals surface area contributed by atoms with Crippen molar-refractivity contribution in [1.82, 2.24) is 9.97 Å². The standard InChI is InChI=1S/C18H16FN3O2.ClH/c1-10-4-6-12(8-15(10)19)22-16-13-7-5-11(2)21-17(13)20-9-14(16)18(23)24-3;/h4-9H,1-3H3,(H,20,21,22);1H. The minimum atomic E-state index is -0.528. The van der Waals surface area contributed by atoms with Crippen molar-refractivity contribution in [3.05, 3.63) is 59.2 Å². The van der Waals surface area contributed by atoms with Gasteiger partial charge in [-0.1, -0.05) is 6.07 Å². The van der Waals surface area contributed by atoms with Gasteiger partial charge in [0.2, 0.25) is 0 Å². The smallest absolute Gasteiger partial charge is 0.341 e. The monoisotopic (exact) mass is 361 g/mol. The van der Waals surface area contributed by atoms with Crippen LogP contribution in [-0.4, -0.2) is 23.0 Å². The number of aromatic nitrogens is 2. The molecule has 0 aliphatic rings. The summed E-state index contributed by atoms with van der Waals surface area (Å²) < 4.78 is 18.6. The van der Waals surface area contributed by atoms with Gasteiger partial charge in [0, 0.05) is 23.0 Å². The molecule has 130 valence electrons. The number of pyridine rings is 2. The first-order valence-corrected chi connectivity index (χ1v) is 7.37. The van der Waals surface area contributed by atoms with Crippen LogP contribution in [0.15, 0.2) is 36.5 Å². The fourth-order valence-corrected chi connectivity index (χ4v) is 2.39. The third-order valence-corrected chi connectivity index (χ3v) is 3.72. The maximum Gasteiger partial charge on any atom is 0.341 e. The highest BCUT2D eigenvalue weighted by atomic mass is 35.5. The van der Waals surface area contributed by atoms with E-state index in [2.05, 4.69) is 15.3 Å². The van der Waals surface area contributed by atoms with Crippen LogP contribution in [-0.2, 0) is 4.74 Å². The van der Waals surface area contributed by atoms with E-state index in [9.17, 15) is 9.18 Å². The van der Waals surface area contributed by atoms with E-state index in [1.54, 1.807) is 19.1 Å². The highest BCUT2D eigenvalue weighted by Crippen LogP contribution is 2.29. The number of ether oxygens (including phenoxy) is 1. The Labute approximate surface area is 150 Å². The second-order valence-electron chi connectivity index (χ2n) is 5.45. The molecule has 2 aromatic heterocycles. The van der Waals surface area contributed by atoms with Crippen LogP contribution in [0.5, 0.6) is 0 Å². The van der Waals surface area contributed by atoms with Crippen LogP contribution in [0.1, 0.15) is 21.6 Å². The van der Waals surface area contributed by atoms with Crippen LogP contribution >= 0.6 is 12.4 Å². The molecule has 2 heterocycles. The number of nitrogens with one attached hydrogen (secondary N) is 1. The lowest BCUT2D eigenvalue weighted by Crippen LogP contribution is -2.08. The Balaban J connectivity index is 0.00000225. The summed E-state index contributed by atoms with van der Waals surface area (Å²) in [7, 11) is 1.30. The molecule has 5 nitrogen and oxygen atoms in total. The predicted octanol–water partition coefficient (Wildman–Crippen LogP) is 4.34. The molecule has 1 aromatic carbocycles. The molecule has 3 aromatic rings. The van der Waals surface area contributed by atoms with Crippen molar-refractivity contribution in [1.29, 1.82) is 0 Å². The number of carbonyl (C=O) groups excluding carboxylic acids is 1. The lowest BCUT2D eigenvalue weighted by molar-refractivity contribution is 0.0601. The number of halogens is 2. The fraction of sp³-hybridized carbons (Fsp3) is 0.167. The Morgan fingerprint density at radius 3 is 2.64 bits per heavy atom. The Bertz CT molecular complexity index is 947. The molecule has 3 rings (SSSR count). The maximum absolute atomic E-state index is 13.8. The lowest BCUT2D eigenvalue weighted by Gasteiger charge is -2.14. The quantitative estimate of drug-likeness (QED) is 0.703. The van der Waals surface area contributed by atoms with Crippen molar-refractivity contribution in [3.63, 3.8) is 0 Å². The number of benzene rings is 1. The molecule has 0 amide bonds. The second-order valence-corrected chi connectivity index (χ2v) is 5.45. The molecular formula is C18H17ClFN3O2. The van der Waals surface area contributed by atoms with Crippen molar-refractivity contribution in [2.45, 2.75) is 13.8 Å². The minimum Gasteiger partial charge on any atom is -0.465 e. The van der Waals surface area contributed by atoms with Gasteiger partial charge in [-0.2, -0.15) is 0 Å². The number of methoxy groups -OCH3 is 1. The van der Waals surface area contributed by atoms with E-state index in [-0.39, 0.29) is 23.8 Å². The first-order valence-electron chi connectivity index (χ1n) is 7.37. The zero-order chi connectivity index (χ0) is 17.3. The molecule has 0 aliphatic heterocycles. The van der Waals surface area contributed by atoms with Gasteiger partial charge in [-0.05, 0) is 43.7 Å². The number of hydrogen-bond acceptors (Lipinski definition) is 5. The van der Waals surface area contributed by atoms with Crippen molar-refractivity contribution >= 4 is 40.8 Å². The molecule has 25 heavy (non-hydrogen) atoms. The molecule has 0 bridgehead atoms. The van der Waals surface area contributed by atoms with Crippen molar-refractivity contribution in [2.75, 3.05) is 12.4 Å². The van der Waals surface area contributed by atoms with Crippen LogP contribution < -0.4 is 5.32 Å². The van der Waals surface area contributed by atoms with E-state index in [0.717, 1.165) is 5.69 Å². The van der Waals surface area contributed by atoms with Crippen molar-refractivity contribution in [3.8, 4) is 0 Å². The van der Waals surface area contributed by atoms with Gasteiger partial charge in [-0.15, -0.1) is 12.4 Å². The van der Waals surface area contributed by atoms with Crippen molar-refractivity contribution < 1.29 is 13.9 Å². The highest BCUT2D eigenvalue weighted by molar-refractivity contribution is 6.05. The lowest BCUT2D eigenvalue weighted by atomic mass is 10.1. The summed E-state index contributed by atoms with van der Waals surface area (Å²) in [4.78, 5) is 20.6. The molecule has 0 spiro atoms. The summed E-state index contributed by atoms with van der Waals surface area (Å²) in [6, 6.07) is 8.44. The summed E-state index contributed by atoms with van der Waals surface area (Å²) in [5.74, 6) is -0.855. The average Bonchev–Trinajstić information content (AvgIpc) is 2.57. The molecule has 7 heteroatoms. The van der Waals surface area contributed by atoms with Crippen molar-refractivity contribution in [2.24, 2.45) is 0 Å². The number of nitrogens with zero attached hydrogens (tertiary/aromatic N) is 2. The summed E-state index contributed by atoms with van der Waals surface area (Å²) >= 11 is 0. The molecule has 1 N–H and O–H groups in total. The van der Waals surface area contributed by atoms with E-state index in [1.165, 1.54) is 19.4 Å². The van der Waals surface area contributed by atoms with Crippen LogP contribution in [0.2, 0.25) is 0 Å². The van der Waals surface area contributed by atoms with Crippen LogP contribution in [0.25, 0.3) is 11.0 Å². The summed E-state index contributed by atoms with van der Waals surface area (Å²) in [6.07, 6.45) is 1.41. The molecule has 0 unspecified atom stereocenters. The molecule has 0 saturated heterocycles.